The first-order valence-electron chi connectivity index (χ1n) is 12.0. The van der Waals surface area contributed by atoms with Crippen LogP contribution in [0.1, 0.15) is 101 Å². The van der Waals surface area contributed by atoms with Crippen molar-refractivity contribution in [2.24, 2.45) is 5.92 Å². The van der Waals surface area contributed by atoms with E-state index in [-0.39, 0.29) is 22.9 Å². The predicted molar refractivity (Wildman–Crippen MR) is 141 cm³/mol. The second kappa shape index (κ2) is 14.0. The number of aliphatic hydroxyl groups excluding tert-OH is 2. The molecule has 0 amide bonds. The zero-order valence-corrected chi connectivity index (χ0v) is 22.7. The summed E-state index contributed by atoms with van der Waals surface area (Å²) in [4.78, 5) is 21.1. The largest absolute Gasteiger partial charge is 0.478 e. The normalized spacial score (nSPS) is 13.8. The summed E-state index contributed by atoms with van der Waals surface area (Å²) in [6, 6.07) is 14.0. The third kappa shape index (κ3) is 12.0. The molecule has 0 heterocycles. The highest BCUT2D eigenvalue weighted by Gasteiger charge is 2.16. The molecular weight excluding hydrogens is 444 g/mol. The lowest BCUT2D eigenvalue weighted by Crippen LogP contribution is -2.26. The average molecular weight is 489 g/mol. The molecule has 6 nitrogen and oxygen atoms in total. The Balaban J connectivity index is 0.000000506. The molecule has 0 saturated heterocycles. The number of rotatable bonds is 5. The maximum Gasteiger partial charge on any atom is 0.335 e. The van der Waals surface area contributed by atoms with Crippen molar-refractivity contribution in [1.82, 2.24) is 0 Å². The van der Waals surface area contributed by atoms with Gasteiger partial charge in [0.25, 0.3) is 0 Å². The van der Waals surface area contributed by atoms with E-state index in [2.05, 4.69) is 41.5 Å². The average Bonchev–Trinajstić information content (AvgIpc) is 2.77. The van der Waals surface area contributed by atoms with E-state index in [4.69, 9.17) is 20.4 Å². The van der Waals surface area contributed by atoms with E-state index in [0.717, 1.165) is 11.1 Å². The van der Waals surface area contributed by atoms with Gasteiger partial charge in [0, 0.05) is 5.92 Å². The van der Waals surface area contributed by atoms with Gasteiger partial charge in [-0.1, -0.05) is 79.7 Å². The van der Waals surface area contributed by atoms with E-state index in [9.17, 15) is 9.59 Å². The van der Waals surface area contributed by atoms with Crippen LogP contribution >= 0.6 is 0 Å². The second-order valence-electron chi connectivity index (χ2n) is 10.8. The lowest BCUT2D eigenvalue weighted by molar-refractivity contribution is 0.0297. The number of aliphatic hydroxyl groups is 2. The molecule has 2 aromatic rings. The molecule has 4 N–H and O–H groups in total. The Kier molecular flexibility index (Phi) is 12.9. The van der Waals surface area contributed by atoms with Crippen LogP contribution in [0, 0.1) is 5.92 Å². The summed E-state index contributed by atoms with van der Waals surface area (Å²) in [6.07, 6.45) is -0.0450. The molecule has 3 unspecified atom stereocenters. The van der Waals surface area contributed by atoms with Gasteiger partial charge in [-0.15, -0.1) is 0 Å². The minimum absolute atomic E-state index is 0.00463. The van der Waals surface area contributed by atoms with Gasteiger partial charge in [0.1, 0.15) is 0 Å². The third-order valence-electron chi connectivity index (χ3n) is 5.78. The van der Waals surface area contributed by atoms with Gasteiger partial charge in [0.2, 0.25) is 0 Å². The smallest absolute Gasteiger partial charge is 0.335 e. The van der Waals surface area contributed by atoms with E-state index in [1.165, 1.54) is 0 Å². The van der Waals surface area contributed by atoms with Crippen molar-refractivity contribution in [2.45, 2.75) is 91.8 Å². The molecule has 3 atom stereocenters. The number of carbonyl (C=O) groups is 2. The first-order chi connectivity index (χ1) is 15.9. The van der Waals surface area contributed by atoms with E-state index < -0.39 is 18.0 Å². The summed E-state index contributed by atoms with van der Waals surface area (Å²) < 4.78 is 0. The second-order valence-corrected chi connectivity index (χ2v) is 10.8. The van der Waals surface area contributed by atoms with Gasteiger partial charge in [-0.05, 0) is 59.6 Å². The number of hydrogen-bond acceptors (Lipinski definition) is 4. The van der Waals surface area contributed by atoms with Gasteiger partial charge < -0.3 is 20.4 Å². The van der Waals surface area contributed by atoms with Crippen molar-refractivity contribution in [3.63, 3.8) is 0 Å². The maximum atomic E-state index is 10.6. The van der Waals surface area contributed by atoms with Crippen LogP contribution in [0.15, 0.2) is 48.5 Å². The molecule has 0 aliphatic heterocycles. The first-order valence-corrected chi connectivity index (χ1v) is 12.0. The molecule has 0 spiro atoms. The highest BCUT2D eigenvalue weighted by atomic mass is 16.4. The minimum Gasteiger partial charge on any atom is -0.478 e. The van der Waals surface area contributed by atoms with E-state index >= 15 is 0 Å². The lowest BCUT2D eigenvalue weighted by Gasteiger charge is -2.19. The van der Waals surface area contributed by atoms with E-state index in [0.29, 0.717) is 17.5 Å². The fraction of sp³-hybridized carbons (Fsp3) is 0.517. The van der Waals surface area contributed by atoms with E-state index in [1.54, 1.807) is 31.2 Å². The van der Waals surface area contributed by atoms with Crippen LogP contribution in [0.5, 0.6) is 0 Å². The quantitative estimate of drug-likeness (QED) is 0.402. The van der Waals surface area contributed by atoms with Crippen molar-refractivity contribution in [3.05, 3.63) is 70.8 Å². The van der Waals surface area contributed by atoms with Crippen molar-refractivity contribution in [3.8, 4) is 0 Å². The van der Waals surface area contributed by atoms with Gasteiger partial charge in [0.05, 0.1) is 23.3 Å². The summed E-state index contributed by atoms with van der Waals surface area (Å²) in [6.45, 7) is 18.1. The molecule has 2 aromatic carbocycles. The molecule has 0 bridgehead atoms. The highest BCUT2D eigenvalue weighted by molar-refractivity contribution is 5.88. The molecule has 0 fully saturated rings. The van der Waals surface area contributed by atoms with Crippen LogP contribution in [0.3, 0.4) is 0 Å². The molecule has 0 aromatic heterocycles. The Morgan fingerprint density at radius 2 is 0.971 bits per heavy atom. The first kappa shape index (κ1) is 32.3. The van der Waals surface area contributed by atoms with Crippen LogP contribution in [-0.4, -0.2) is 44.6 Å². The van der Waals surface area contributed by atoms with Gasteiger partial charge in [-0.25, -0.2) is 9.59 Å². The maximum absolute atomic E-state index is 10.6. The SMILES string of the molecule is CC(C)(C)c1ccc(C(=O)O)cc1.CC(C)(C)c1ccc(C(=O)O)cc1.CCC(O)C(C)C(C)O. The molecule has 6 heteroatoms. The van der Waals surface area contributed by atoms with Gasteiger partial charge in [-0.2, -0.15) is 0 Å². The Labute approximate surface area is 210 Å². The minimum atomic E-state index is -0.875. The number of benzene rings is 2. The van der Waals surface area contributed by atoms with Crippen molar-refractivity contribution >= 4 is 11.9 Å². The van der Waals surface area contributed by atoms with Gasteiger partial charge in [-0.3, -0.25) is 0 Å². The fourth-order valence-corrected chi connectivity index (χ4v) is 2.92. The Morgan fingerprint density at radius 1 is 0.686 bits per heavy atom. The number of carboxylic acid groups (broad SMARTS) is 2. The van der Waals surface area contributed by atoms with Gasteiger partial charge in [0.15, 0.2) is 0 Å². The van der Waals surface area contributed by atoms with Crippen LogP contribution in [0.25, 0.3) is 0 Å². The molecule has 2 rings (SSSR count). The lowest BCUT2D eigenvalue weighted by atomic mass is 9.87. The summed E-state index contributed by atoms with van der Waals surface area (Å²) in [7, 11) is 0. The standard InChI is InChI=1S/2C11H14O2.C7H16O2/c2*1-11(2,3)9-6-4-8(5-7-9)10(12)13;1-4-7(9)5(2)6(3)8/h2*4-7H,1-3H3,(H,12,13);5-9H,4H2,1-3H3. The Morgan fingerprint density at radius 3 is 1.11 bits per heavy atom. The third-order valence-corrected chi connectivity index (χ3v) is 5.78. The fourth-order valence-electron chi connectivity index (χ4n) is 2.92. The zero-order valence-electron chi connectivity index (χ0n) is 22.7. The van der Waals surface area contributed by atoms with Crippen LogP contribution in [0.2, 0.25) is 0 Å². The topological polar surface area (TPSA) is 115 Å². The number of hydrogen-bond donors (Lipinski definition) is 4. The summed E-state index contributed by atoms with van der Waals surface area (Å²) in [5.74, 6) is -1.75. The van der Waals surface area contributed by atoms with Crippen molar-refractivity contribution in [1.29, 1.82) is 0 Å². The summed E-state index contributed by atoms with van der Waals surface area (Å²) in [5, 5.41) is 35.5. The number of aromatic carboxylic acids is 2. The van der Waals surface area contributed by atoms with Crippen molar-refractivity contribution < 1.29 is 30.0 Å². The zero-order chi connectivity index (χ0) is 27.6. The van der Waals surface area contributed by atoms with Gasteiger partial charge >= 0.3 is 11.9 Å². The highest BCUT2D eigenvalue weighted by Crippen LogP contribution is 2.23. The molecule has 35 heavy (non-hydrogen) atoms. The van der Waals surface area contributed by atoms with Crippen LogP contribution in [0.4, 0.5) is 0 Å². The molecule has 0 aliphatic carbocycles. The molecule has 0 radical (unpaired) electrons. The Hall–Kier alpha value is -2.70. The molecule has 0 saturated carbocycles. The summed E-state index contributed by atoms with van der Waals surface area (Å²) in [5.41, 5.74) is 3.14. The number of carboxylic acids is 2. The monoisotopic (exact) mass is 488 g/mol. The van der Waals surface area contributed by atoms with Crippen LogP contribution in [-0.2, 0) is 10.8 Å². The van der Waals surface area contributed by atoms with Crippen LogP contribution < -0.4 is 0 Å². The summed E-state index contributed by atoms with van der Waals surface area (Å²) >= 11 is 0. The molecule has 0 aliphatic rings. The predicted octanol–water partition coefficient (Wildman–Crippen LogP) is 6.14. The molecular formula is C29H44O6. The Bertz CT molecular complexity index is 833. The molecule has 196 valence electrons. The van der Waals surface area contributed by atoms with E-state index in [1.807, 2.05) is 38.1 Å². The van der Waals surface area contributed by atoms with Crippen molar-refractivity contribution in [2.75, 3.05) is 0 Å².